The zero-order valence-corrected chi connectivity index (χ0v) is 40.5. The summed E-state index contributed by atoms with van der Waals surface area (Å²) in [5.41, 5.74) is 25.3. The number of fused-ring (bicyclic) bond motifs is 10. The van der Waals surface area contributed by atoms with Crippen molar-refractivity contribution in [3.63, 3.8) is 0 Å². The maximum Gasteiger partial charge on any atom is 0.0726 e. The van der Waals surface area contributed by atoms with Crippen molar-refractivity contribution in [2.45, 2.75) is 49.4 Å². The molecule has 0 N–H and O–H groups in total. The highest BCUT2D eigenvalue weighted by atomic mass is 15.1. The number of benzene rings is 10. The number of nitrogens with zero attached hydrogens (tertiary/aromatic N) is 1. The summed E-state index contributed by atoms with van der Waals surface area (Å²) in [5.74, 6) is 2.68. The lowest BCUT2D eigenvalue weighted by atomic mass is 9.48. The third-order valence-electron chi connectivity index (χ3n) is 17.9. The van der Waals surface area contributed by atoms with Gasteiger partial charge in [0, 0.05) is 16.9 Å². The second kappa shape index (κ2) is 16.3. The molecule has 4 bridgehead atoms. The number of hydrogen-bond acceptors (Lipinski definition) is 1. The second-order valence-electron chi connectivity index (χ2n) is 21.8. The highest BCUT2D eigenvalue weighted by Gasteiger charge is 2.53. The first kappa shape index (κ1) is 41.8. The molecular weight excluding hydrogens is 867 g/mol. The second-order valence-corrected chi connectivity index (χ2v) is 21.8. The molecule has 6 aliphatic rings. The van der Waals surface area contributed by atoms with E-state index in [1.165, 1.54) is 133 Å². The summed E-state index contributed by atoms with van der Waals surface area (Å²) >= 11 is 0. The van der Waals surface area contributed by atoms with Gasteiger partial charge in [-0.05, 0) is 187 Å². The molecule has 1 heteroatoms. The maximum absolute atomic E-state index is 2.58. The van der Waals surface area contributed by atoms with Crippen LogP contribution < -0.4 is 4.90 Å². The zero-order valence-electron chi connectivity index (χ0n) is 40.5. The molecule has 4 fully saturated rings. The maximum atomic E-state index is 2.58. The van der Waals surface area contributed by atoms with E-state index in [-0.39, 0.29) is 0 Å². The lowest BCUT2D eigenvalue weighted by molar-refractivity contribution is -0.00518. The molecule has 1 unspecified atom stereocenters. The molecule has 1 spiro atoms. The molecule has 6 aliphatic carbocycles. The minimum atomic E-state index is -0.514. The van der Waals surface area contributed by atoms with Gasteiger partial charge in [-0.15, -0.1) is 0 Å². The van der Waals surface area contributed by atoms with Gasteiger partial charge in [0.05, 0.1) is 11.1 Å². The molecule has 344 valence electrons. The molecule has 0 aliphatic heterocycles. The zero-order chi connectivity index (χ0) is 47.4. The number of rotatable bonds is 8. The first-order valence-corrected chi connectivity index (χ1v) is 26.4. The predicted molar refractivity (Wildman–Crippen MR) is 299 cm³/mol. The van der Waals surface area contributed by atoms with Crippen LogP contribution >= 0.6 is 0 Å². The summed E-state index contributed by atoms with van der Waals surface area (Å²) in [6.45, 7) is 0. The molecule has 10 aromatic rings. The lowest BCUT2D eigenvalue weighted by Crippen LogP contribution is -2.48. The standard InChI is InChI=1S/C71H55N/c1-3-17-50(18-4-1)52-31-37-62-60-25-11-14-28-65(60)71(67(62)42-52)66-29-15-12-26-61(66)63-38-36-55(43-68(63)71)72(54-34-32-53(33-35-54)70-44-47-39-48(45-70)41-49(40-47)46-70)69-30-16-13-27-64(69)59-24-10-9-23-58(59)57-22-8-7-21-56(57)51-19-5-2-6-20-51/h1-38,42-43,47-49H,39-41,44-46H2. The summed E-state index contributed by atoms with van der Waals surface area (Å²) in [7, 11) is 0. The first-order valence-electron chi connectivity index (χ1n) is 26.4. The van der Waals surface area contributed by atoms with Crippen LogP contribution in [0.4, 0.5) is 17.1 Å². The van der Waals surface area contributed by atoms with E-state index in [1.807, 2.05) is 0 Å². The third kappa shape index (κ3) is 6.26. The van der Waals surface area contributed by atoms with Crippen LogP contribution in [0.2, 0.25) is 0 Å². The van der Waals surface area contributed by atoms with Crippen LogP contribution in [0, 0.1) is 17.8 Å². The predicted octanol–water partition coefficient (Wildman–Crippen LogP) is 18.6. The molecule has 72 heavy (non-hydrogen) atoms. The van der Waals surface area contributed by atoms with Crippen LogP contribution in [0.15, 0.2) is 243 Å². The van der Waals surface area contributed by atoms with Crippen molar-refractivity contribution < 1.29 is 0 Å². The monoisotopic (exact) mass is 921 g/mol. The Kier molecular flexibility index (Phi) is 9.44. The summed E-state index contributed by atoms with van der Waals surface area (Å²) in [6.07, 6.45) is 8.42. The van der Waals surface area contributed by atoms with Crippen LogP contribution in [0.1, 0.15) is 66.3 Å². The van der Waals surface area contributed by atoms with Gasteiger partial charge >= 0.3 is 0 Å². The average molecular weight is 922 g/mol. The highest BCUT2D eigenvalue weighted by molar-refractivity contribution is 6.00. The van der Waals surface area contributed by atoms with Gasteiger partial charge in [0.1, 0.15) is 0 Å². The number of anilines is 3. The van der Waals surface area contributed by atoms with Crippen LogP contribution in [0.3, 0.4) is 0 Å². The van der Waals surface area contributed by atoms with Crippen molar-refractivity contribution in [2.75, 3.05) is 4.90 Å². The molecule has 0 aromatic heterocycles. The summed E-state index contributed by atoms with van der Waals surface area (Å²) < 4.78 is 0. The molecule has 0 radical (unpaired) electrons. The molecule has 0 amide bonds. The Labute approximate surface area is 424 Å². The summed E-state index contributed by atoms with van der Waals surface area (Å²) in [5, 5.41) is 0. The molecule has 1 nitrogen and oxygen atoms in total. The molecule has 0 heterocycles. The molecular formula is C71H55N. The van der Waals surface area contributed by atoms with Crippen LogP contribution in [-0.2, 0) is 10.8 Å². The van der Waals surface area contributed by atoms with Gasteiger partial charge in [0.25, 0.3) is 0 Å². The van der Waals surface area contributed by atoms with Crippen LogP contribution in [-0.4, -0.2) is 0 Å². The van der Waals surface area contributed by atoms with E-state index in [0.717, 1.165) is 29.1 Å². The van der Waals surface area contributed by atoms with Crippen molar-refractivity contribution in [3.8, 4) is 66.8 Å². The van der Waals surface area contributed by atoms with Gasteiger partial charge in [-0.2, -0.15) is 0 Å². The Balaban J connectivity index is 0.954. The van der Waals surface area contributed by atoms with Crippen molar-refractivity contribution >= 4 is 17.1 Å². The van der Waals surface area contributed by atoms with Crippen LogP contribution in [0.25, 0.3) is 66.8 Å². The lowest BCUT2D eigenvalue weighted by Gasteiger charge is -2.57. The molecule has 0 saturated heterocycles. The largest absolute Gasteiger partial charge is 0.310 e. The van der Waals surface area contributed by atoms with E-state index in [0.29, 0.717) is 5.41 Å². The Morgan fingerprint density at radius 2 is 0.722 bits per heavy atom. The van der Waals surface area contributed by atoms with Gasteiger partial charge in [-0.1, -0.05) is 206 Å². The summed E-state index contributed by atoms with van der Waals surface area (Å²) in [6, 6.07) is 91.9. The van der Waals surface area contributed by atoms with Gasteiger partial charge in [-0.25, -0.2) is 0 Å². The SMILES string of the molecule is c1ccc(-c2ccc3c(c2)C2(c4ccccc4-3)c3ccccc3-c3ccc(N(c4ccc(C56CC7CC(CC(C7)C5)C6)cc4)c4ccccc4-c4ccccc4-c4ccccc4-c4ccccc4)cc32)cc1. The summed E-state index contributed by atoms with van der Waals surface area (Å²) in [4.78, 5) is 2.58. The van der Waals surface area contributed by atoms with E-state index in [9.17, 15) is 0 Å². The van der Waals surface area contributed by atoms with E-state index in [4.69, 9.17) is 0 Å². The Bertz CT molecular complexity index is 3680. The highest BCUT2D eigenvalue weighted by Crippen LogP contribution is 2.65. The Hall–Kier alpha value is -8.00. The molecule has 16 rings (SSSR count). The van der Waals surface area contributed by atoms with E-state index in [1.54, 1.807) is 5.56 Å². The Morgan fingerprint density at radius 1 is 0.292 bits per heavy atom. The van der Waals surface area contributed by atoms with E-state index >= 15 is 0 Å². The van der Waals surface area contributed by atoms with Crippen molar-refractivity contribution in [1.29, 1.82) is 0 Å². The average Bonchev–Trinajstić information content (AvgIpc) is 3.90. The minimum Gasteiger partial charge on any atom is -0.310 e. The quantitative estimate of drug-likeness (QED) is 0.147. The fraction of sp³-hybridized carbons (Fsp3) is 0.155. The van der Waals surface area contributed by atoms with Gasteiger partial charge < -0.3 is 4.90 Å². The smallest absolute Gasteiger partial charge is 0.0726 e. The number of para-hydroxylation sites is 1. The molecule has 1 atom stereocenters. The van der Waals surface area contributed by atoms with Crippen LogP contribution in [0.5, 0.6) is 0 Å². The van der Waals surface area contributed by atoms with Gasteiger partial charge in [0.2, 0.25) is 0 Å². The first-order chi connectivity index (χ1) is 35.6. The van der Waals surface area contributed by atoms with Crippen molar-refractivity contribution in [2.24, 2.45) is 17.8 Å². The fourth-order valence-electron chi connectivity index (χ4n) is 15.4. The van der Waals surface area contributed by atoms with Crippen molar-refractivity contribution in [3.05, 3.63) is 270 Å². The third-order valence-corrected chi connectivity index (χ3v) is 17.9. The van der Waals surface area contributed by atoms with Gasteiger partial charge in [-0.3, -0.25) is 0 Å². The van der Waals surface area contributed by atoms with E-state index in [2.05, 4.69) is 248 Å². The topological polar surface area (TPSA) is 3.24 Å². The minimum absolute atomic E-state index is 0.314. The normalized spacial score (nSPS) is 21.5. The number of hydrogen-bond donors (Lipinski definition) is 0. The Morgan fingerprint density at radius 3 is 1.33 bits per heavy atom. The fourth-order valence-corrected chi connectivity index (χ4v) is 15.4. The molecule has 10 aromatic carbocycles. The van der Waals surface area contributed by atoms with E-state index < -0.39 is 5.41 Å². The molecule has 4 saturated carbocycles. The van der Waals surface area contributed by atoms with Gasteiger partial charge in [0.15, 0.2) is 0 Å². The van der Waals surface area contributed by atoms with Crippen molar-refractivity contribution in [1.82, 2.24) is 0 Å².